The Hall–Kier alpha value is -0.0600. The zero-order chi connectivity index (χ0) is 10.8. The van der Waals surface area contributed by atoms with E-state index in [1.54, 1.807) is 11.3 Å². The van der Waals surface area contributed by atoms with Gasteiger partial charge in [-0.1, -0.05) is 13.8 Å². The van der Waals surface area contributed by atoms with Crippen LogP contribution >= 0.6 is 23.1 Å². The van der Waals surface area contributed by atoms with E-state index in [9.17, 15) is 0 Å². The van der Waals surface area contributed by atoms with E-state index in [4.69, 9.17) is 5.73 Å². The zero-order valence-electron chi connectivity index (χ0n) is 9.20. The summed E-state index contributed by atoms with van der Waals surface area (Å²) in [6, 6.07) is 0. The minimum absolute atomic E-state index is 0.308. The number of rotatable bonds is 4. The van der Waals surface area contributed by atoms with Crippen LogP contribution in [0.2, 0.25) is 0 Å². The van der Waals surface area contributed by atoms with E-state index in [1.807, 2.05) is 25.6 Å². The zero-order valence-corrected chi connectivity index (χ0v) is 10.8. The molecule has 0 unspecified atom stereocenters. The van der Waals surface area contributed by atoms with Crippen molar-refractivity contribution in [1.29, 1.82) is 0 Å². The van der Waals surface area contributed by atoms with Crippen LogP contribution in [0.25, 0.3) is 0 Å². The number of thiazole rings is 1. The predicted molar refractivity (Wildman–Crippen MR) is 65.8 cm³/mol. The van der Waals surface area contributed by atoms with E-state index >= 15 is 0 Å². The van der Waals surface area contributed by atoms with Gasteiger partial charge < -0.3 is 5.73 Å². The molecule has 1 rings (SSSR count). The molecule has 0 amide bonds. The molecule has 14 heavy (non-hydrogen) atoms. The van der Waals surface area contributed by atoms with Crippen LogP contribution in [-0.2, 0) is 11.3 Å². The van der Waals surface area contributed by atoms with Crippen molar-refractivity contribution in [1.82, 2.24) is 4.98 Å². The van der Waals surface area contributed by atoms with Crippen LogP contribution < -0.4 is 5.73 Å². The van der Waals surface area contributed by atoms with Gasteiger partial charge in [0.05, 0.1) is 11.2 Å². The Morgan fingerprint density at radius 1 is 1.57 bits per heavy atom. The summed E-state index contributed by atoms with van der Waals surface area (Å²) in [4.78, 5) is 4.53. The second-order valence-electron chi connectivity index (χ2n) is 4.21. The van der Waals surface area contributed by atoms with Crippen LogP contribution in [-0.4, -0.2) is 10.2 Å². The molecule has 1 aromatic heterocycles. The third kappa shape index (κ3) is 3.59. The Labute approximate surface area is 94.3 Å². The molecule has 0 aliphatic heterocycles. The predicted octanol–water partition coefficient (Wildman–Crippen LogP) is 2.98. The highest BCUT2D eigenvalue weighted by atomic mass is 32.2. The van der Waals surface area contributed by atoms with Gasteiger partial charge in [-0.15, -0.1) is 11.3 Å². The molecule has 80 valence electrons. The fraction of sp³-hybridized carbons (Fsp3) is 0.700. The van der Waals surface area contributed by atoms with Crippen LogP contribution in [0, 0.1) is 0 Å². The Bertz CT molecular complexity index is 287. The number of thioether (sulfide) groups is 1. The van der Waals surface area contributed by atoms with Crippen molar-refractivity contribution in [3.8, 4) is 0 Å². The third-order valence-electron chi connectivity index (χ3n) is 1.75. The molecule has 0 aromatic carbocycles. The first kappa shape index (κ1) is 12.0. The van der Waals surface area contributed by atoms with Crippen LogP contribution in [0.3, 0.4) is 0 Å². The summed E-state index contributed by atoms with van der Waals surface area (Å²) in [5, 5.41) is 3.90. The highest BCUT2D eigenvalue weighted by molar-refractivity contribution is 7.99. The first-order chi connectivity index (χ1) is 6.39. The smallest absolute Gasteiger partial charge is 0.103 e. The first-order valence-electron chi connectivity index (χ1n) is 4.75. The standard InChI is InChI=1S/C10H18N2S2/c1-7(2)13-6-9-12-8(5-14-9)10(3,4)11/h5,7H,6,11H2,1-4H3. The lowest BCUT2D eigenvalue weighted by Crippen LogP contribution is -2.29. The Balaban J connectivity index is 2.60. The molecule has 0 bridgehead atoms. The van der Waals surface area contributed by atoms with Gasteiger partial charge in [-0.2, -0.15) is 11.8 Å². The van der Waals surface area contributed by atoms with Crippen molar-refractivity contribution in [2.75, 3.05) is 0 Å². The maximum Gasteiger partial charge on any atom is 0.103 e. The van der Waals surface area contributed by atoms with Gasteiger partial charge in [-0.25, -0.2) is 4.98 Å². The van der Waals surface area contributed by atoms with E-state index < -0.39 is 0 Å². The largest absolute Gasteiger partial charge is 0.321 e. The molecule has 1 aromatic rings. The number of aromatic nitrogens is 1. The monoisotopic (exact) mass is 230 g/mol. The lowest BCUT2D eigenvalue weighted by molar-refractivity contribution is 0.538. The van der Waals surface area contributed by atoms with E-state index in [-0.39, 0.29) is 5.54 Å². The molecule has 0 saturated carbocycles. The van der Waals surface area contributed by atoms with E-state index in [1.165, 1.54) is 5.01 Å². The quantitative estimate of drug-likeness (QED) is 0.864. The van der Waals surface area contributed by atoms with Gasteiger partial charge >= 0.3 is 0 Å². The van der Waals surface area contributed by atoms with Crippen LogP contribution in [0.1, 0.15) is 38.4 Å². The molecule has 2 N–H and O–H groups in total. The van der Waals surface area contributed by atoms with Gasteiger partial charge in [-0.05, 0) is 19.1 Å². The summed E-state index contributed by atoms with van der Waals surface area (Å²) < 4.78 is 0. The summed E-state index contributed by atoms with van der Waals surface area (Å²) in [7, 11) is 0. The van der Waals surface area contributed by atoms with E-state index in [0.29, 0.717) is 5.25 Å². The number of nitrogens with two attached hydrogens (primary N) is 1. The first-order valence-corrected chi connectivity index (χ1v) is 6.68. The normalized spacial score (nSPS) is 12.4. The highest BCUT2D eigenvalue weighted by Gasteiger charge is 2.17. The Morgan fingerprint density at radius 2 is 2.21 bits per heavy atom. The number of hydrogen-bond donors (Lipinski definition) is 1. The molecular weight excluding hydrogens is 212 g/mol. The van der Waals surface area contributed by atoms with Crippen molar-refractivity contribution >= 4 is 23.1 Å². The minimum atomic E-state index is -0.308. The molecule has 0 atom stereocenters. The van der Waals surface area contributed by atoms with Gasteiger partial charge in [0.25, 0.3) is 0 Å². The van der Waals surface area contributed by atoms with Gasteiger partial charge in [0.1, 0.15) is 5.01 Å². The van der Waals surface area contributed by atoms with Crippen LogP contribution in [0.15, 0.2) is 5.38 Å². The van der Waals surface area contributed by atoms with Crippen LogP contribution in [0.4, 0.5) is 0 Å². The average molecular weight is 230 g/mol. The minimum Gasteiger partial charge on any atom is -0.321 e. The molecular formula is C10H18N2S2. The van der Waals surface area contributed by atoms with Gasteiger partial charge in [0.15, 0.2) is 0 Å². The van der Waals surface area contributed by atoms with Gasteiger partial charge in [0.2, 0.25) is 0 Å². The Morgan fingerprint density at radius 3 is 2.64 bits per heavy atom. The van der Waals surface area contributed by atoms with Crippen molar-refractivity contribution < 1.29 is 0 Å². The molecule has 1 heterocycles. The summed E-state index contributed by atoms with van der Waals surface area (Å²) in [5.74, 6) is 0.998. The van der Waals surface area contributed by atoms with Crippen LogP contribution in [0.5, 0.6) is 0 Å². The lowest BCUT2D eigenvalue weighted by Gasteiger charge is -2.14. The lowest BCUT2D eigenvalue weighted by atomic mass is 10.0. The molecule has 0 fully saturated rings. The molecule has 0 spiro atoms. The maximum atomic E-state index is 5.96. The van der Waals surface area contributed by atoms with Gasteiger partial charge in [-0.3, -0.25) is 0 Å². The summed E-state index contributed by atoms with van der Waals surface area (Å²) >= 11 is 3.62. The summed E-state index contributed by atoms with van der Waals surface area (Å²) in [5.41, 5.74) is 6.66. The SMILES string of the molecule is CC(C)SCc1nc(C(C)(C)N)cs1. The second kappa shape index (κ2) is 4.64. The molecule has 0 aliphatic rings. The number of nitrogens with zero attached hydrogens (tertiary/aromatic N) is 1. The molecule has 0 radical (unpaired) electrons. The van der Waals surface area contributed by atoms with E-state index in [2.05, 4.69) is 24.2 Å². The highest BCUT2D eigenvalue weighted by Crippen LogP contribution is 2.24. The van der Waals surface area contributed by atoms with Crippen molar-refractivity contribution in [2.45, 2.75) is 44.2 Å². The molecule has 2 nitrogen and oxygen atoms in total. The summed E-state index contributed by atoms with van der Waals surface area (Å²) in [6.45, 7) is 8.38. The third-order valence-corrected chi connectivity index (χ3v) is 3.89. The van der Waals surface area contributed by atoms with E-state index in [0.717, 1.165) is 11.4 Å². The number of hydrogen-bond acceptors (Lipinski definition) is 4. The fourth-order valence-electron chi connectivity index (χ4n) is 0.911. The average Bonchev–Trinajstić information content (AvgIpc) is 2.47. The molecule has 4 heteroatoms. The Kier molecular flexibility index (Phi) is 3.98. The fourth-order valence-corrected chi connectivity index (χ4v) is 2.68. The topological polar surface area (TPSA) is 38.9 Å². The van der Waals surface area contributed by atoms with Gasteiger partial charge in [0, 0.05) is 11.1 Å². The van der Waals surface area contributed by atoms with Crippen molar-refractivity contribution in [2.24, 2.45) is 5.73 Å². The molecule has 0 aliphatic carbocycles. The molecule has 0 saturated heterocycles. The maximum absolute atomic E-state index is 5.96. The van der Waals surface area contributed by atoms with Crippen molar-refractivity contribution in [3.05, 3.63) is 16.1 Å². The summed E-state index contributed by atoms with van der Waals surface area (Å²) in [6.07, 6.45) is 0. The second-order valence-corrected chi connectivity index (χ2v) is 6.72. The van der Waals surface area contributed by atoms with Crippen molar-refractivity contribution in [3.63, 3.8) is 0 Å².